The van der Waals surface area contributed by atoms with Crippen LogP contribution in [-0.2, 0) is 9.47 Å². The molecule has 0 unspecified atom stereocenters. The first-order valence-corrected chi connectivity index (χ1v) is 7.08. The average Bonchev–Trinajstić information content (AvgIpc) is 2.93. The highest BCUT2D eigenvalue weighted by Gasteiger charge is 2.28. The molecule has 2 atom stereocenters. The third-order valence-corrected chi connectivity index (χ3v) is 3.47. The van der Waals surface area contributed by atoms with E-state index in [-0.39, 0.29) is 18.1 Å². The topological polar surface area (TPSA) is 77.8 Å². The lowest BCUT2D eigenvalue weighted by molar-refractivity contribution is -0.0633. The normalized spacial score (nSPS) is 22.3. The number of ether oxygens (including phenoxy) is 2. The molecular formula is C14H18N4O3. The van der Waals surface area contributed by atoms with Gasteiger partial charge in [-0.2, -0.15) is 0 Å². The summed E-state index contributed by atoms with van der Waals surface area (Å²) in [5, 5.41) is 2.98. The molecule has 0 aliphatic carbocycles. The van der Waals surface area contributed by atoms with E-state index in [0.717, 1.165) is 6.42 Å². The monoisotopic (exact) mass is 290 g/mol. The summed E-state index contributed by atoms with van der Waals surface area (Å²) in [6, 6.07) is 1.74. The van der Waals surface area contributed by atoms with Gasteiger partial charge in [-0.25, -0.2) is 9.97 Å². The van der Waals surface area contributed by atoms with Gasteiger partial charge < -0.3 is 14.8 Å². The molecule has 7 heteroatoms. The molecule has 1 aliphatic rings. The molecule has 1 N–H and O–H groups in total. The molecular weight excluding hydrogens is 272 g/mol. The van der Waals surface area contributed by atoms with Crippen molar-refractivity contribution in [3.8, 4) is 0 Å². The van der Waals surface area contributed by atoms with Crippen LogP contribution >= 0.6 is 0 Å². The van der Waals surface area contributed by atoms with Crippen LogP contribution in [0.5, 0.6) is 0 Å². The van der Waals surface area contributed by atoms with Gasteiger partial charge in [-0.1, -0.05) is 0 Å². The number of nitrogens with zero attached hydrogens (tertiary/aromatic N) is 3. The van der Waals surface area contributed by atoms with Crippen molar-refractivity contribution in [2.24, 2.45) is 0 Å². The molecule has 0 aromatic carbocycles. The van der Waals surface area contributed by atoms with Crippen LogP contribution in [0.1, 0.15) is 23.8 Å². The molecule has 112 valence electrons. The van der Waals surface area contributed by atoms with Gasteiger partial charge in [-0.05, 0) is 19.4 Å². The average molecular weight is 290 g/mol. The number of nitrogens with one attached hydrogen (secondary N) is 1. The number of aromatic nitrogens is 3. The van der Waals surface area contributed by atoms with Crippen LogP contribution in [0.3, 0.4) is 0 Å². The van der Waals surface area contributed by atoms with E-state index in [2.05, 4.69) is 15.3 Å². The fraction of sp³-hybridized carbons (Fsp3) is 0.500. The molecule has 3 heterocycles. The Morgan fingerprint density at radius 1 is 1.62 bits per heavy atom. The number of hydrogen-bond donors (Lipinski definition) is 1. The molecule has 0 saturated carbocycles. The minimum atomic E-state index is -0.211. The Labute approximate surface area is 122 Å². The van der Waals surface area contributed by atoms with Gasteiger partial charge in [-0.15, -0.1) is 0 Å². The molecule has 1 amide bonds. The highest BCUT2D eigenvalue weighted by atomic mass is 16.5. The summed E-state index contributed by atoms with van der Waals surface area (Å²) in [6.45, 7) is 3.66. The van der Waals surface area contributed by atoms with E-state index in [4.69, 9.17) is 9.47 Å². The number of fused-ring (bicyclic) bond motifs is 1. The standard InChI is InChI=1S/C14H18N4O3/c1-2-21-12-9-20-7-4-10(12)16-13(19)11-8-18-6-3-5-15-14(18)17-11/h3,5-6,8,10,12H,2,4,7,9H2,1H3,(H,16,19)/t10-,12-/m1/s1. The second-order valence-corrected chi connectivity index (χ2v) is 4.89. The summed E-state index contributed by atoms with van der Waals surface area (Å²) < 4.78 is 12.7. The maximum absolute atomic E-state index is 12.3. The molecule has 1 saturated heterocycles. The van der Waals surface area contributed by atoms with Crippen molar-refractivity contribution in [2.75, 3.05) is 19.8 Å². The van der Waals surface area contributed by atoms with E-state index in [0.29, 0.717) is 31.3 Å². The Morgan fingerprint density at radius 3 is 3.33 bits per heavy atom. The van der Waals surface area contributed by atoms with Crippen molar-refractivity contribution in [1.29, 1.82) is 0 Å². The largest absolute Gasteiger partial charge is 0.379 e. The zero-order chi connectivity index (χ0) is 14.7. The van der Waals surface area contributed by atoms with Crippen LogP contribution in [0.2, 0.25) is 0 Å². The van der Waals surface area contributed by atoms with E-state index >= 15 is 0 Å². The molecule has 0 radical (unpaired) electrons. The Hall–Kier alpha value is -1.99. The summed E-state index contributed by atoms with van der Waals surface area (Å²) in [7, 11) is 0. The van der Waals surface area contributed by atoms with E-state index in [1.807, 2.05) is 13.1 Å². The summed E-state index contributed by atoms with van der Waals surface area (Å²) >= 11 is 0. The highest BCUT2D eigenvalue weighted by molar-refractivity contribution is 5.92. The molecule has 1 aliphatic heterocycles. The van der Waals surface area contributed by atoms with Crippen LogP contribution in [0.15, 0.2) is 24.7 Å². The minimum absolute atomic E-state index is 0.0519. The second-order valence-electron chi connectivity index (χ2n) is 4.89. The smallest absolute Gasteiger partial charge is 0.271 e. The Balaban J connectivity index is 1.72. The zero-order valence-electron chi connectivity index (χ0n) is 11.9. The summed E-state index contributed by atoms with van der Waals surface area (Å²) in [6.07, 6.45) is 5.76. The lowest BCUT2D eigenvalue weighted by Crippen LogP contribution is -2.50. The van der Waals surface area contributed by atoms with Crippen molar-refractivity contribution in [2.45, 2.75) is 25.5 Å². The van der Waals surface area contributed by atoms with Gasteiger partial charge >= 0.3 is 0 Å². The van der Waals surface area contributed by atoms with Crippen molar-refractivity contribution in [3.63, 3.8) is 0 Å². The number of imidazole rings is 1. The third kappa shape index (κ3) is 3.03. The number of rotatable bonds is 4. The van der Waals surface area contributed by atoms with E-state index in [1.165, 1.54) is 0 Å². The Kier molecular flexibility index (Phi) is 4.12. The maximum Gasteiger partial charge on any atom is 0.271 e. The zero-order valence-corrected chi connectivity index (χ0v) is 11.9. The number of carbonyl (C=O) groups is 1. The number of hydrogen-bond acceptors (Lipinski definition) is 5. The van der Waals surface area contributed by atoms with Crippen LogP contribution in [0, 0.1) is 0 Å². The van der Waals surface area contributed by atoms with Gasteiger partial charge in [0.2, 0.25) is 5.78 Å². The van der Waals surface area contributed by atoms with Crippen molar-refractivity contribution < 1.29 is 14.3 Å². The lowest BCUT2D eigenvalue weighted by atomic mass is 10.1. The third-order valence-electron chi connectivity index (χ3n) is 3.47. The molecule has 7 nitrogen and oxygen atoms in total. The number of amides is 1. The predicted octanol–water partition coefficient (Wildman–Crippen LogP) is 0.653. The molecule has 0 spiro atoms. The van der Waals surface area contributed by atoms with Crippen molar-refractivity contribution >= 4 is 11.7 Å². The van der Waals surface area contributed by atoms with E-state index < -0.39 is 0 Å². The van der Waals surface area contributed by atoms with Gasteiger partial charge in [-0.3, -0.25) is 9.20 Å². The first-order valence-electron chi connectivity index (χ1n) is 7.08. The SMILES string of the molecule is CCO[C@@H]1COCC[C@H]1NC(=O)c1cn2cccnc2n1. The lowest BCUT2D eigenvalue weighted by Gasteiger charge is -2.31. The first kappa shape index (κ1) is 14.0. The summed E-state index contributed by atoms with van der Waals surface area (Å²) in [4.78, 5) is 20.6. The highest BCUT2D eigenvalue weighted by Crippen LogP contribution is 2.12. The van der Waals surface area contributed by atoms with Crippen molar-refractivity contribution in [1.82, 2.24) is 19.7 Å². The minimum Gasteiger partial charge on any atom is -0.379 e. The molecule has 0 bridgehead atoms. The van der Waals surface area contributed by atoms with Crippen LogP contribution in [0.25, 0.3) is 5.78 Å². The second kappa shape index (κ2) is 6.19. The summed E-state index contributed by atoms with van der Waals surface area (Å²) in [5.74, 6) is 0.299. The van der Waals surface area contributed by atoms with E-state index in [1.54, 1.807) is 22.9 Å². The van der Waals surface area contributed by atoms with Gasteiger partial charge in [0.1, 0.15) is 11.8 Å². The van der Waals surface area contributed by atoms with Gasteiger partial charge in [0, 0.05) is 31.8 Å². The quantitative estimate of drug-likeness (QED) is 0.894. The molecule has 2 aromatic rings. The van der Waals surface area contributed by atoms with Gasteiger partial charge in [0.05, 0.1) is 12.6 Å². The van der Waals surface area contributed by atoms with Crippen LogP contribution < -0.4 is 5.32 Å². The molecule has 3 rings (SSSR count). The van der Waals surface area contributed by atoms with Crippen LogP contribution in [-0.4, -0.2) is 52.2 Å². The maximum atomic E-state index is 12.3. The Bertz CT molecular complexity index is 592. The van der Waals surface area contributed by atoms with Gasteiger partial charge in [0.15, 0.2) is 0 Å². The molecule has 21 heavy (non-hydrogen) atoms. The predicted molar refractivity (Wildman–Crippen MR) is 75.1 cm³/mol. The molecule has 1 fully saturated rings. The molecule has 2 aromatic heterocycles. The first-order chi connectivity index (χ1) is 10.3. The fourth-order valence-corrected chi connectivity index (χ4v) is 2.44. The number of carbonyl (C=O) groups excluding carboxylic acids is 1. The Morgan fingerprint density at radius 2 is 2.52 bits per heavy atom. The van der Waals surface area contributed by atoms with Crippen molar-refractivity contribution in [3.05, 3.63) is 30.4 Å². The summed E-state index contributed by atoms with van der Waals surface area (Å²) in [5.41, 5.74) is 0.357. The van der Waals surface area contributed by atoms with Gasteiger partial charge in [0.25, 0.3) is 5.91 Å². The fourth-order valence-electron chi connectivity index (χ4n) is 2.44. The van der Waals surface area contributed by atoms with Crippen LogP contribution in [0.4, 0.5) is 0 Å². The van der Waals surface area contributed by atoms with E-state index in [9.17, 15) is 4.79 Å².